The molecular weight excluding hydrogens is 676 g/mol. The fourth-order valence-electron chi connectivity index (χ4n) is 7.57. The van der Waals surface area contributed by atoms with Gasteiger partial charge in [-0.1, -0.05) is 89.6 Å². The number of hydrogen-bond acceptors (Lipinski definition) is 9. The molecule has 1 saturated heterocycles. The van der Waals surface area contributed by atoms with E-state index in [1.165, 1.54) is 18.6 Å². The van der Waals surface area contributed by atoms with Crippen LogP contribution < -0.4 is 21.7 Å². The van der Waals surface area contributed by atoms with Gasteiger partial charge in [0.05, 0.1) is 12.2 Å². The zero-order valence-corrected chi connectivity index (χ0v) is 31.1. The van der Waals surface area contributed by atoms with Gasteiger partial charge in [0.25, 0.3) is 11.8 Å². The summed E-state index contributed by atoms with van der Waals surface area (Å²) >= 11 is 0. The summed E-state index contributed by atoms with van der Waals surface area (Å²) in [5, 5.41) is 8.72. The number of benzene rings is 1. The first-order valence-electron chi connectivity index (χ1n) is 18.9. The minimum Gasteiger partial charge on any atom is -0.363 e. The van der Waals surface area contributed by atoms with Gasteiger partial charge in [-0.15, -0.1) is 0 Å². The molecule has 0 radical (unpaired) electrons. The van der Waals surface area contributed by atoms with E-state index >= 15 is 0 Å². The molecule has 1 aromatic heterocycles. The average molecular weight is 731 g/mol. The lowest BCUT2D eigenvalue weighted by atomic mass is 9.80. The Labute approximate surface area is 311 Å². The molecule has 4 atom stereocenters. The zero-order chi connectivity index (χ0) is 38.1. The van der Waals surface area contributed by atoms with Crippen LogP contribution >= 0.6 is 0 Å². The van der Waals surface area contributed by atoms with Gasteiger partial charge in [0, 0.05) is 38.6 Å². The molecule has 2 heterocycles. The molecule has 1 unspecified atom stereocenters. The number of hydrogen-bond donors (Lipinski definition) is 4. The summed E-state index contributed by atoms with van der Waals surface area (Å²) in [6.07, 6.45) is 11.8. The van der Waals surface area contributed by atoms with Crippen molar-refractivity contribution in [3.05, 3.63) is 60.2 Å². The third kappa shape index (κ3) is 10.5. The van der Waals surface area contributed by atoms with Crippen molar-refractivity contribution in [1.82, 2.24) is 35.7 Å². The molecule has 286 valence electrons. The second kappa shape index (κ2) is 17.9. The van der Waals surface area contributed by atoms with Crippen molar-refractivity contribution < 1.29 is 28.8 Å². The number of nitrogens with one attached hydrogen (secondary N) is 3. The van der Waals surface area contributed by atoms with Crippen LogP contribution in [0, 0.1) is 17.3 Å². The van der Waals surface area contributed by atoms with Crippen LogP contribution in [0.4, 0.5) is 0 Å². The van der Waals surface area contributed by atoms with E-state index in [1.54, 1.807) is 4.90 Å². The van der Waals surface area contributed by atoms with Crippen molar-refractivity contribution >= 4 is 35.3 Å². The Morgan fingerprint density at radius 2 is 1.60 bits per heavy atom. The topological polar surface area (TPSA) is 197 Å². The van der Waals surface area contributed by atoms with E-state index in [2.05, 4.69) is 25.9 Å². The Kier molecular flexibility index (Phi) is 13.3. The van der Waals surface area contributed by atoms with Crippen LogP contribution in [0.1, 0.15) is 94.6 Å². The summed E-state index contributed by atoms with van der Waals surface area (Å²) < 4.78 is 0. The first kappa shape index (κ1) is 39.5. The van der Waals surface area contributed by atoms with E-state index < -0.39 is 59.0 Å². The van der Waals surface area contributed by atoms with Crippen molar-refractivity contribution in [2.45, 2.75) is 109 Å². The van der Waals surface area contributed by atoms with Crippen molar-refractivity contribution in [3.63, 3.8) is 0 Å². The number of nitrogens with two attached hydrogens (primary N) is 1. The molecule has 5 N–H and O–H groups in total. The van der Waals surface area contributed by atoms with E-state index in [9.17, 15) is 28.8 Å². The summed E-state index contributed by atoms with van der Waals surface area (Å²) in [6.45, 7) is 6.64. The molecule has 5 rings (SSSR count). The number of amides is 5. The number of aromatic nitrogens is 2. The fraction of sp³-hybridized carbons (Fsp3) is 0.590. The summed E-state index contributed by atoms with van der Waals surface area (Å²) in [5.41, 5.74) is 5.72. The van der Waals surface area contributed by atoms with Crippen molar-refractivity contribution in [2.75, 3.05) is 19.6 Å². The van der Waals surface area contributed by atoms with Crippen LogP contribution in [-0.2, 0) is 30.5 Å². The smallest absolute Gasteiger partial charge is 0.287 e. The lowest BCUT2D eigenvalue weighted by Gasteiger charge is -2.44. The number of rotatable bonds is 14. The number of nitrogens with zero attached hydrogens (tertiary/aromatic N) is 4. The number of Topliss-reactive ketones (excluding diaryl/α,β-unsaturated/α-hetero) is 1. The van der Waals surface area contributed by atoms with Crippen LogP contribution in [0.15, 0.2) is 48.9 Å². The maximum atomic E-state index is 14.5. The lowest BCUT2D eigenvalue weighted by Crippen LogP contribution is -2.65. The summed E-state index contributed by atoms with van der Waals surface area (Å²) in [7, 11) is 0. The third-order valence-corrected chi connectivity index (χ3v) is 10.9. The molecule has 2 aliphatic carbocycles. The number of carbonyl (C=O) groups excluding carboxylic acids is 6. The van der Waals surface area contributed by atoms with Gasteiger partial charge in [0.2, 0.25) is 23.5 Å². The molecule has 14 heteroatoms. The summed E-state index contributed by atoms with van der Waals surface area (Å²) in [6, 6.07) is 5.88. The molecule has 0 bridgehead atoms. The summed E-state index contributed by atoms with van der Waals surface area (Å²) in [5.74, 6) is -3.64. The number of ketones is 1. The third-order valence-electron chi connectivity index (χ3n) is 10.9. The molecule has 2 saturated carbocycles. The highest BCUT2D eigenvalue weighted by atomic mass is 16.2. The highest BCUT2D eigenvalue weighted by Gasteiger charge is 2.43. The Balaban J connectivity index is 1.36. The van der Waals surface area contributed by atoms with E-state index in [4.69, 9.17) is 5.73 Å². The second-order valence-electron chi connectivity index (χ2n) is 15.8. The van der Waals surface area contributed by atoms with Crippen LogP contribution in [0.5, 0.6) is 0 Å². The van der Waals surface area contributed by atoms with Gasteiger partial charge in [0.1, 0.15) is 23.8 Å². The standard InChI is InChI=1S/C39H54N8O6/c1-39(2,3)33(45-37(52)31(27-15-8-5-9-16-27)44-35(50)29-22-41-17-18-42-29)38(53)47-20-19-46(23-26-11-6-4-7-12-26)30(24-47)36(51)43-28(32(48)34(40)49)21-25-13-10-14-25/h4,6-7,11-12,17-18,22,25,27-28,30-31,33H,5,8-10,13-16,19-21,23-24H2,1-3H3,(H2,40,49)(H,43,51)(H,44,50)(H,45,52)/t28?,30-,31-,33-/m1/s1. The van der Waals surface area contributed by atoms with Crippen molar-refractivity contribution in [1.29, 1.82) is 0 Å². The maximum absolute atomic E-state index is 14.5. The number of piperazine rings is 1. The Morgan fingerprint density at radius 3 is 2.21 bits per heavy atom. The number of carbonyl (C=O) groups is 6. The Bertz CT molecular complexity index is 1610. The SMILES string of the molecule is CC(C)(C)[C@H](NC(=O)[C@H](NC(=O)c1cnccn1)C1CCCCC1)C(=O)N1CCN(Cc2ccccc2)[C@@H](C(=O)NC(CC2CCC2)C(=O)C(N)=O)C1. The largest absolute Gasteiger partial charge is 0.363 e. The van der Waals surface area contributed by atoms with Gasteiger partial charge < -0.3 is 26.6 Å². The van der Waals surface area contributed by atoms with Crippen LogP contribution in [0.25, 0.3) is 0 Å². The molecule has 3 aliphatic rings. The minimum atomic E-state index is -1.10. The van der Waals surface area contributed by atoms with Gasteiger partial charge in [-0.2, -0.15) is 0 Å². The van der Waals surface area contributed by atoms with Crippen LogP contribution in [-0.4, -0.2) is 98.9 Å². The van der Waals surface area contributed by atoms with Gasteiger partial charge in [-0.05, 0) is 42.1 Å². The van der Waals surface area contributed by atoms with Crippen molar-refractivity contribution in [2.24, 2.45) is 23.0 Å². The molecule has 1 aliphatic heterocycles. The van der Waals surface area contributed by atoms with Crippen LogP contribution in [0.3, 0.4) is 0 Å². The molecule has 53 heavy (non-hydrogen) atoms. The second-order valence-corrected chi connectivity index (χ2v) is 15.8. The Hall–Kier alpha value is -4.72. The molecule has 1 aromatic carbocycles. The predicted octanol–water partition coefficient (Wildman–Crippen LogP) is 2.13. The molecule has 0 spiro atoms. The predicted molar refractivity (Wildman–Crippen MR) is 197 cm³/mol. The maximum Gasteiger partial charge on any atom is 0.287 e. The van der Waals surface area contributed by atoms with Gasteiger partial charge in [-0.25, -0.2) is 4.98 Å². The number of primary amides is 1. The first-order chi connectivity index (χ1) is 25.3. The summed E-state index contributed by atoms with van der Waals surface area (Å²) in [4.78, 5) is 92.4. The molecule has 2 aromatic rings. The quantitative estimate of drug-likeness (QED) is 0.211. The van der Waals surface area contributed by atoms with Crippen LogP contribution in [0.2, 0.25) is 0 Å². The van der Waals surface area contributed by atoms with E-state index in [0.717, 1.165) is 56.9 Å². The van der Waals surface area contributed by atoms with Crippen molar-refractivity contribution in [3.8, 4) is 0 Å². The fourth-order valence-corrected chi connectivity index (χ4v) is 7.57. The van der Waals surface area contributed by atoms with Gasteiger partial charge in [-0.3, -0.25) is 38.7 Å². The molecule has 3 fully saturated rings. The van der Waals surface area contributed by atoms with E-state index in [0.29, 0.717) is 26.1 Å². The Morgan fingerprint density at radius 1 is 0.887 bits per heavy atom. The molecule has 5 amide bonds. The van der Waals surface area contributed by atoms with Gasteiger partial charge >= 0.3 is 0 Å². The first-order valence-corrected chi connectivity index (χ1v) is 18.9. The highest BCUT2D eigenvalue weighted by molar-refractivity contribution is 6.37. The average Bonchev–Trinajstić information content (AvgIpc) is 3.13. The highest BCUT2D eigenvalue weighted by Crippen LogP contribution is 2.31. The minimum absolute atomic E-state index is 0.00364. The van der Waals surface area contributed by atoms with Gasteiger partial charge in [0.15, 0.2) is 0 Å². The molecular formula is C39H54N8O6. The monoisotopic (exact) mass is 730 g/mol. The van der Waals surface area contributed by atoms with E-state index in [-0.39, 0.29) is 30.0 Å². The zero-order valence-electron chi connectivity index (χ0n) is 31.1. The molecule has 14 nitrogen and oxygen atoms in total. The van der Waals surface area contributed by atoms with E-state index in [1.807, 2.05) is 56.0 Å². The normalized spacial score (nSPS) is 20.3. The lowest BCUT2D eigenvalue weighted by molar-refractivity contribution is -0.145.